The Labute approximate surface area is 167 Å². The molecule has 0 bridgehead atoms. The number of ether oxygens (including phenoxy) is 1. The number of aromatic amines is 1. The first kappa shape index (κ1) is 18.0. The molecule has 2 N–H and O–H groups in total. The molecule has 0 atom stereocenters. The molecule has 0 spiro atoms. The lowest BCUT2D eigenvalue weighted by Gasteiger charge is -2.11. The number of aromatic nitrogens is 2. The SMILES string of the molecule is O=C(Nc1ccc(CCOc2ccccc2-c2cnc[nH]2)cc1)c1cccs1. The van der Waals surface area contributed by atoms with Gasteiger partial charge >= 0.3 is 0 Å². The van der Waals surface area contributed by atoms with Crippen LogP contribution in [0.4, 0.5) is 5.69 Å². The van der Waals surface area contributed by atoms with Crippen LogP contribution in [-0.2, 0) is 6.42 Å². The predicted molar refractivity (Wildman–Crippen MR) is 112 cm³/mol. The minimum absolute atomic E-state index is 0.0819. The highest BCUT2D eigenvalue weighted by molar-refractivity contribution is 7.12. The largest absolute Gasteiger partial charge is 0.493 e. The minimum atomic E-state index is -0.0819. The van der Waals surface area contributed by atoms with E-state index in [4.69, 9.17) is 4.74 Å². The second-order valence-electron chi connectivity index (χ2n) is 6.19. The average Bonchev–Trinajstić information content (AvgIpc) is 3.44. The molecule has 2 aromatic heterocycles. The van der Waals surface area contributed by atoms with Gasteiger partial charge in [0.1, 0.15) is 5.75 Å². The zero-order chi connectivity index (χ0) is 19.2. The lowest BCUT2D eigenvalue weighted by atomic mass is 10.1. The molecule has 0 unspecified atom stereocenters. The second kappa shape index (κ2) is 8.54. The summed E-state index contributed by atoms with van der Waals surface area (Å²) in [4.78, 5) is 20.0. The van der Waals surface area contributed by atoms with Crippen molar-refractivity contribution in [2.24, 2.45) is 0 Å². The van der Waals surface area contributed by atoms with Crippen LogP contribution in [-0.4, -0.2) is 22.5 Å². The summed E-state index contributed by atoms with van der Waals surface area (Å²) in [5.74, 6) is 0.744. The van der Waals surface area contributed by atoms with Gasteiger partial charge in [0.2, 0.25) is 0 Å². The molecule has 0 fully saturated rings. The maximum Gasteiger partial charge on any atom is 0.265 e. The Balaban J connectivity index is 1.33. The summed E-state index contributed by atoms with van der Waals surface area (Å²) in [7, 11) is 0. The van der Waals surface area contributed by atoms with Crippen molar-refractivity contribution in [1.82, 2.24) is 9.97 Å². The molecule has 2 aromatic carbocycles. The van der Waals surface area contributed by atoms with Crippen molar-refractivity contribution < 1.29 is 9.53 Å². The van der Waals surface area contributed by atoms with E-state index in [2.05, 4.69) is 15.3 Å². The molecule has 28 heavy (non-hydrogen) atoms. The molecular formula is C22H19N3O2S. The van der Waals surface area contributed by atoms with Crippen LogP contribution in [0.25, 0.3) is 11.3 Å². The van der Waals surface area contributed by atoms with E-state index in [1.165, 1.54) is 11.3 Å². The van der Waals surface area contributed by atoms with Gasteiger partial charge < -0.3 is 15.0 Å². The number of para-hydroxylation sites is 1. The third-order valence-electron chi connectivity index (χ3n) is 4.28. The van der Waals surface area contributed by atoms with Gasteiger partial charge in [-0.25, -0.2) is 4.98 Å². The molecule has 6 heteroatoms. The molecule has 0 aliphatic carbocycles. The zero-order valence-corrected chi connectivity index (χ0v) is 15.9. The number of thiophene rings is 1. The Hall–Kier alpha value is -3.38. The van der Waals surface area contributed by atoms with E-state index in [0.29, 0.717) is 11.5 Å². The number of carbonyl (C=O) groups is 1. The van der Waals surface area contributed by atoms with E-state index in [-0.39, 0.29) is 5.91 Å². The van der Waals surface area contributed by atoms with Crippen molar-refractivity contribution in [3.63, 3.8) is 0 Å². The molecule has 0 saturated carbocycles. The van der Waals surface area contributed by atoms with Crippen molar-refractivity contribution in [2.75, 3.05) is 11.9 Å². The minimum Gasteiger partial charge on any atom is -0.493 e. The summed E-state index contributed by atoms with van der Waals surface area (Å²) in [6.07, 6.45) is 4.22. The second-order valence-corrected chi connectivity index (χ2v) is 7.14. The molecule has 0 saturated heterocycles. The maximum absolute atomic E-state index is 12.1. The number of carbonyl (C=O) groups excluding carboxylic acids is 1. The topological polar surface area (TPSA) is 67.0 Å². The number of hydrogen-bond donors (Lipinski definition) is 2. The molecular weight excluding hydrogens is 370 g/mol. The first-order valence-electron chi connectivity index (χ1n) is 8.94. The van der Waals surface area contributed by atoms with Gasteiger partial charge in [0, 0.05) is 17.7 Å². The first-order chi connectivity index (χ1) is 13.8. The van der Waals surface area contributed by atoms with Crippen LogP contribution < -0.4 is 10.1 Å². The Bertz CT molecular complexity index is 1030. The van der Waals surface area contributed by atoms with Gasteiger partial charge in [0.15, 0.2) is 0 Å². The first-order valence-corrected chi connectivity index (χ1v) is 9.82. The maximum atomic E-state index is 12.1. The molecule has 140 valence electrons. The molecule has 0 aliphatic rings. The standard InChI is InChI=1S/C22H19N3O2S/c26-22(21-6-3-13-28-21)25-17-9-7-16(8-10-17)11-12-27-20-5-2-1-4-18(20)19-14-23-15-24-19/h1-10,13-15H,11-12H2,(H,23,24)(H,25,26). The van der Waals surface area contributed by atoms with Gasteiger partial charge in [0.05, 0.1) is 29.7 Å². The van der Waals surface area contributed by atoms with Crippen molar-refractivity contribution >= 4 is 22.9 Å². The summed E-state index contributed by atoms with van der Waals surface area (Å²) in [5, 5.41) is 4.80. The number of rotatable bonds is 7. The Morgan fingerprint density at radius 2 is 1.93 bits per heavy atom. The van der Waals surface area contributed by atoms with Gasteiger partial charge in [-0.05, 0) is 41.3 Å². The predicted octanol–water partition coefficient (Wildman–Crippen LogP) is 5.01. The van der Waals surface area contributed by atoms with Gasteiger partial charge in [-0.1, -0.05) is 30.3 Å². The lowest BCUT2D eigenvalue weighted by molar-refractivity contribution is 0.103. The van der Waals surface area contributed by atoms with Crippen LogP contribution in [0.15, 0.2) is 78.6 Å². The Morgan fingerprint density at radius 1 is 1.07 bits per heavy atom. The number of H-pyrrole nitrogens is 1. The quantitative estimate of drug-likeness (QED) is 0.467. The van der Waals surface area contributed by atoms with E-state index >= 15 is 0 Å². The number of hydrogen-bond acceptors (Lipinski definition) is 4. The van der Waals surface area contributed by atoms with E-state index in [1.807, 2.05) is 66.0 Å². The molecule has 5 nitrogen and oxygen atoms in total. The number of nitrogens with one attached hydrogen (secondary N) is 2. The fraction of sp³-hybridized carbons (Fsp3) is 0.0909. The fourth-order valence-corrected chi connectivity index (χ4v) is 3.47. The highest BCUT2D eigenvalue weighted by atomic mass is 32.1. The van der Waals surface area contributed by atoms with Crippen LogP contribution in [0.1, 0.15) is 15.2 Å². The third kappa shape index (κ3) is 4.29. The number of imidazole rings is 1. The summed E-state index contributed by atoms with van der Waals surface area (Å²) < 4.78 is 5.99. The monoisotopic (exact) mass is 389 g/mol. The smallest absolute Gasteiger partial charge is 0.265 e. The Kier molecular flexibility index (Phi) is 5.49. The van der Waals surface area contributed by atoms with Crippen molar-refractivity contribution in [1.29, 1.82) is 0 Å². The average molecular weight is 389 g/mol. The van der Waals surface area contributed by atoms with Gasteiger partial charge in [-0.3, -0.25) is 4.79 Å². The van der Waals surface area contributed by atoms with Gasteiger partial charge in [-0.2, -0.15) is 0 Å². The van der Waals surface area contributed by atoms with Crippen LogP contribution in [0.5, 0.6) is 5.75 Å². The number of nitrogens with zero attached hydrogens (tertiary/aromatic N) is 1. The molecule has 4 aromatic rings. The fourth-order valence-electron chi connectivity index (χ4n) is 2.85. The molecule has 0 radical (unpaired) electrons. The highest BCUT2D eigenvalue weighted by Crippen LogP contribution is 2.28. The summed E-state index contributed by atoms with van der Waals surface area (Å²) >= 11 is 1.43. The van der Waals surface area contributed by atoms with Crippen molar-refractivity contribution in [2.45, 2.75) is 6.42 Å². The highest BCUT2D eigenvalue weighted by Gasteiger charge is 2.08. The van der Waals surface area contributed by atoms with E-state index < -0.39 is 0 Å². The molecule has 2 heterocycles. The van der Waals surface area contributed by atoms with Crippen LogP contribution in [0.2, 0.25) is 0 Å². The van der Waals surface area contributed by atoms with Crippen molar-refractivity contribution in [3.05, 3.63) is 89.0 Å². The summed E-state index contributed by atoms with van der Waals surface area (Å²) in [6, 6.07) is 19.4. The normalized spacial score (nSPS) is 10.6. The van der Waals surface area contributed by atoms with E-state index in [9.17, 15) is 4.79 Å². The van der Waals surface area contributed by atoms with Crippen LogP contribution >= 0.6 is 11.3 Å². The molecule has 4 rings (SSSR count). The van der Waals surface area contributed by atoms with Gasteiger partial charge in [0.25, 0.3) is 5.91 Å². The molecule has 1 amide bonds. The number of anilines is 1. The Morgan fingerprint density at radius 3 is 2.68 bits per heavy atom. The van der Waals surface area contributed by atoms with E-state index in [0.717, 1.165) is 34.7 Å². The third-order valence-corrected chi connectivity index (χ3v) is 5.15. The summed E-state index contributed by atoms with van der Waals surface area (Å²) in [6.45, 7) is 0.562. The van der Waals surface area contributed by atoms with Crippen LogP contribution in [0.3, 0.4) is 0 Å². The summed E-state index contributed by atoms with van der Waals surface area (Å²) in [5.41, 5.74) is 3.86. The molecule has 0 aliphatic heterocycles. The van der Waals surface area contributed by atoms with Crippen LogP contribution in [0, 0.1) is 0 Å². The number of benzene rings is 2. The van der Waals surface area contributed by atoms with Gasteiger partial charge in [-0.15, -0.1) is 11.3 Å². The van der Waals surface area contributed by atoms with Crippen molar-refractivity contribution in [3.8, 4) is 17.0 Å². The number of amides is 1. The van der Waals surface area contributed by atoms with E-state index in [1.54, 1.807) is 12.5 Å². The zero-order valence-electron chi connectivity index (χ0n) is 15.1. The lowest BCUT2D eigenvalue weighted by Crippen LogP contribution is -2.10.